The van der Waals surface area contributed by atoms with Gasteiger partial charge in [0.15, 0.2) is 0 Å². The van der Waals surface area contributed by atoms with Gasteiger partial charge in [0.2, 0.25) is 12.7 Å². The number of imidazole rings is 2. The topological polar surface area (TPSA) is 82.8 Å². The number of hydrogen-bond donors (Lipinski definition) is 2. The minimum atomic E-state index is 0. The number of aromatic nitrogens is 4. The van der Waals surface area contributed by atoms with Gasteiger partial charge in [-0.15, -0.1) is 0 Å². The SMILES string of the molecule is C[n+]1ccn(Cc2ccc(O)c(C=NCCN=Cc3cc(Cn4cc[n+](C)c4)ccc3O)c2)c1.[Cu]. The van der Waals surface area contributed by atoms with Crippen LogP contribution in [0.5, 0.6) is 11.5 Å². The second-order valence-electron chi connectivity index (χ2n) is 8.36. The molecule has 0 atom stereocenters. The van der Waals surface area contributed by atoms with Crippen molar-refractivity contribution in [3.8, 4) is 11.5 Å². The van der Waals surface area contributed by atoms with Crippen molar-refractivity contribution in [1.29, 1.82) is 0 Å². The van der Waals surface area contributed by atoms with E-state index in [9.17, 15) is 10.2 Å². The van der Waals surface area contributed by atoms with Gasteiger partial charge in [-0.25, -0.2) is 18.3 Å². The Hall–Kier alpha value is -3.68. The number of hydrogen-bond acceptors (Lipinski definition) is 4. The van der Waals surface area contributed by atoms with Gasteiger partial charge in [0, 0.05) is 40.6 Å². The van der Waals surface area contributed by atoms with Crippen LogP contribution in [-0.2, 0) is 44.3 Å². The van der Waals surface area contributed by atoms with Crippen LogP contribution in [0.3, 0.4) is 0 Å². The summed E-state index contributed by atoms with van der Waals surface area (Å²) in [5, 5.41) is 20.3. The molecular weight excluding hydrogens is 492 g/mol. The average Bonchev–Trinajstić information content (AvgIpc) is 3.41. The summed E-state index contributed by atoms with van der Waals surface area (Å²) in [5.41, 5.74) is 3.53. The van der Waals surface area contributed by atoms with Crippen molar-refractivity contribution < 1.29 is 36.4 Å². The molecule has 0 aliphatic carbocycles. The van der Waals surface area contributed by atoms with Crippen LogP contribution < -0.4 is 9.13 Å². The Kier molecular flexibility index (Phi) is 9.00. The number of rotatable bonds is 9. The second kappa shape index (κ2) is 12.1. The molecule has 185 valence electrons. The summed E-state index contributed by atoms with van der Waals surface area (Å²) in [7, 11) is 3.96. The molecule has 0 saturated heterocycles. The first-order chi connectivity index (χ1) is 16.5. The third-order valence-electron chi connectivity index (χ3n) is 5.38. The molecule has 0 spiro atoms. The molecule has 0 saturated carbocycles. The fraction of sp³-hybridized carbons (Fsp3) is 0.231. The van der Waals surface area contributed by atoms with E-state index in [4.69, 9.17) is 0 Å². The quantitative estimate of drug-likeness (QED) is 0.153. The fourth-order valence-corrected chi connectivity index (χ4v) is 3.66. The van der Waals surface area contributed by atoms with Crippen molar-refractivity contribution in [3.05, 3.63) is 96.1 Å². The molecule has 2 N–H and O–H groups in total. The van der Waals surface area contributed by atoms with Crippen molar-refractivity contribution in [1.82, 2.24) is 9.13 Å². The molecule has 1 radical (unpaired) electrons. The normalized spacial score (nSPS) is 11.4. The van der Waals surface area contributed by atoms with Gasteiger partial charge in [0.25, 0.3) is 0 Å². The van der Waals surface area contributed by atoms with Gasteiger partial charge in [-0.05, 0) is 35.4 Å². The predicted molar refractivity (Wildman–Crippen MR) is 131 cm³/mol. The molecule has 0 amide bonds. The van der Waals surface area contributed by atoms with Crippen molar-refractivity contribution in [2.24, 2.45) is 24.1 Å². The molecule has 9 heteroatoms. The van der Waals surface area contributed by atoms with E-state index in [-0.39, 0.29) is 28.6 Å². The van der Waals surface area contributed by atoms with E-state index >= 15 is 0 Å². The molecule has 8 nitrogen and oxygen atoms in total. The maximum atomic E-state index is 10.2. The first-order valence-corrected chi connectivity index (χ1v) is 11.1. The van der Waals surface area contributed by atoms with Gasteiger partial charge in [0.1, 0.15) is 49.4 Å². The summed E-state index contributed by atoms with van der Waals surface area (Å²) in [4.78, 5) is 8.81. The van der Waals surface area contributed by atoms with E-state index in [1.54, 1.807) is 24.6 Å². The van der Waals surface area contributed by atoms with E-state index in [0.717, 1.165) is 24.2 Å². The Morgan fingerprint density at radius 3 is 1.54 bits per heavy atom. The smallest absolute Gasteiger partial charge is 0.243 e. The van der Waals surface area contributed by atoms with Gasteiger partial charge >= 0.3 is 0 Å². The van der Waals surface area contributed by atoms with Crippen molar-refractivity contribution in [2.45, 2.75) is 13.1 Å². The largest absolute Gasteiger partial charge is 0.507 e. The Balaban J connectivity index is 0.00000342. The molecule has 4 aromatic rings. The molecule has 0 unspecified atom stereocenters. The predicted octanol–water partition coefficient (Wildman–Crippen LogP) is 1.98. The van der Waals surface area contributed by atoms with Crippen molar-refractivity contribution >= 4 is 12.4 Å². The minimum Gasteiger partial charge on any atom is -0.507 e. The molecule has 0 fully saturated rings. The monoisotopic (exact) mass is 521 g/mol. The zero-order valence-corrected chi connectivity index (χ0v) is 20.7. The van der Waals surface area contributed by atoms with Crippen LogP contribution in [0, 0.1) is 0 Å². The maximum absolute atomic E-state index is 10.2. The molecular formula is C26H30CuN6O2+2. The summed E-state index contributed by atoms with van der Waals surface area (Å²) in [6.45, 7) is 2.40. The van der Waals surface area contributed by atoms with Gasteiger partial charge in [-0.3, -0.25) is 9.98 Å². The summed E-state index contributed by atoms with van der Waals surface area (Å²) >= 11 is 0. The Morgan fingerprint density at radius 1 is 0.743 bits per heavy atom. The van der Waals surface area contributed by atoms with E-state index in [1.165, 1.54) is 0 Å². The zero-order chi connectivity index (χ0) is 23.9. The molecule has 0 aliphatic rings. The number of phenols is 2. The van der Waals surface area contributed by atoms with Gasteiger partial charge in [0.05, 0.1) is 27.2 Å². The number of phenolic OH excluding ortho intramolecular Hbond substituents is 2. The number of aryl methyl sites for hydroxylation is 2. The fourth-order valence-electron chi connectivity index (χ4n) is 3.66. The number of aliphatic imine (C=N–C) groups is 2. The van der Waals surface area contributed by atoms with Gasteiger partial charge < -0.3 is 10.2 Å². The van der Waals surface area contributed by atoms with Crippen molar-refractivity contribution in [2.75, 3.05) is 13.1 Å². The molecule has 2 heterocycles. The minimum absolute atomic E-state index is 0. The standard InChI is InChI=1S/C26H28N6O2.Cu/c1-29-9-11-31(19-29)17-21-3-5-25(33)23(13-21)15-27-7-8-28-16-24-14-22(4-6-26(24)34)18-32-12-10-30(2)20-32;/h3-6,9-16,19-20H,7-8,17-18H2,1-2H3;/p+2. The zero-order valence-electron chi connectivity index (χ0n) is 19.8. The average molecular weight is 522 g/mol. The summed E-state index contributed by atoms with van der Waals surface area (Å²) in [6, 6.07) is 11.1. The second-order valence-corrected chi connectivity index (χ2v) is 8.36. The van der Waals surface area contributed by atoms with E-state index in [1.807, 2.05) is 84.9 Å². The molecule has 2 aromatic heterocycles. The van der Waals surface area contributed by atoms with E-state index < -0.39 is 0 Å². The van der Waals surface area contributed by atoms with Crippen LogP contribution >= 0.6 is 0 Å². The first kappa shape index (κ1) is 25.9. The number of benzene rings is 2. The third-order valence-corrected chi connectivity index (χ3v) is 5.38. The van der Waals surface area contributed by atoms with E-state index in [0.29, 0.717) is 24.2 Å². The molecule has 2 aromatic carbocycles. The molecule has 0 bridgehead atoms. The third kappa shape index (κ3) is 7.40. The Labute approximate surface area is 215 Å². The van der Waals surface area contributed by atoms with Crippen LogP contribution in [0.1, 0.15) is 22.3 Å². The van der Waals surface area contributed by atoms with Gasteiger partial charge in [-0.1, -0.05) is 12.1 Å². The van der Waals surface area contributed by atoms with Crippen LogP contribution in [0.4, 0.5) is 0 Å². The number of nitrogens with zero attached hydrogens (tertiary/aromatic N) is 6. The van der Waals surface area contributed by atoms with E-state index in [2.05, 4.69) is 19.1 Å². The maximum Gasteiger partial charge on any atom is 0.243 e. The Morgan fingerprint density at radius 2 is 1.17 bits per heavy atom. The van der Waals surface area contributed by atoms with Crippen LogP contribution in [0.2, 0.25) is 0 Å². The number of aromatic hydroxyl groups is 2. The van der Waals surface area contributed by atoms with Crippen molar-refractivity contribution in [3.63, 3.8) is 0 Å². The molecule has 4 rings (SSSR count). The summed E-state index contributed by atoms with van der Waals surface area (Å²) < 4.78 is 8.12. The molecule has 0 aliphatic heterocycles. The van der Waals surface area contributed by atoms with Crippen LogP contribution in [-0.4, -0.2) is 44.9 Å². The molecule has 35 heavy (non-hydrogen) atoms. The first-order valence-electron chi connectivity index (χ1n) is 11.1. The Bertz CT molecular complexity index is 1220. The summed E-state index contributed by atoms with van der Waals surface area (Å²) in [5.74, 6) is 0.402. The van der Waals surface area contributed by atoms with Gasteiger partial charge in [-0.2, -0.15) is 0 Å². The summed E-state index contributed by atoms with van der Waals surface area (Å²) in [6.07, 6.45) is 15.4. The van der Waals surface area contributed by atoms with Crippen LogP contribution in [0.15, 0.2) is 83.8 Å². The van der Waals surface area contributed by atoms with Crippen LogP contribution in [0.25, 0.3) is 0 Å².